The number of hydrogen-bond acceptors (Lipinski definition) is 4. The van der Waals surface area contributed by atoms with Crippen LogP contribution in [-0.4, -0.2) is 12.1 Å². The highest BCUT2D eigenvalue weighted by atomic mass is 19.1. The van der Waals surface area contributed by atoms with Crippen LogP contribution in [0.1, 0.15) is 12.5 Å². The Labute approximate surface area is 121 Å². The van der Waals surface area contributed by atoms with Gasteiger partial charge in [0.1, 0.15) is 17.3 Å². The lowest BCUT2D eigenvalue weighted by Crippen LogP contribution is -2.28. The lowest BCUT2D eigenvalue weighted by Gasteiger charge is -2.13. The lowest BCUT2D eigenvalue weighted by atomic mass is 10.2. The van der Waals surface area contributed by atoms with Crippen molar-refractivity contribution in [3.8, 4) is 17.6 Å². The first kappa shape index (κ1) is 14.5. The molecule has 21 heavy (non-hydrogen) atoms. The Morgan fingerprint density at radius 3 is 2.52 bits per heavy atom. The van der Waals surface area contributed by atoms with Crippen LogP contribution in [0.2, 0.25) is 0 Å². The Balaban J connectivity index is 1.97. The molecule has 5 heteroatoms. The summed E-state index contributed by atoms with van der Waals surface area (Å²) < 4.78 is 23.4. The van der Waals surface area contributed by atoms with E-state index in [1.54, 1.807) is 24.3 Å². The van der Waals surface area contributed by atoms with Gasteiger partial charge in [-0.05, 0) is 43.3 Å². The zero-order chi connectivity index (χ0) is 15.2. The molecule has 0 aromatic heterocycles. The maximum atomic E-state index is 13.0. The molecule has 0 amide bonds. The van der Waals surface area contributed by atoms with Crippen molar-refractivity contribution in [1.82, 2.24) is 0 Å². The van der Waals surface area contributed by atoms with Crippen molar-refractivity contribution < 1.29 is 18.7 Å². The highest BCUT2D eigenvalue weighted by molar-refractivity contribution is 5.77. The third-order valence-electron chi connectivity index (χ3n) is 2.64. The van der Waals surface area contributed by atoms with Gasteiger partial charge in [0, 0.05) is 6.07 Å². The number of carbonyl (C=O) groups is 1. The fourth-order valence-electron chi connectivity index (χ4n) is 1.59. The van der Waals surface area contributed by atoms with Crippen molar-refractivity contribution in [3.05, 3.63) is 59.9 Å². The lowest BCUT2D eigenvalue weighted by molar-refractivity contribution is -0.141. The third kappa shape index (κ3) is 4.05. The molecule has 2 aromatic rings. The minimum absolute atomic E-state index is 0.121. The summed E-state index contributed by atoms with van der Waals surface area (Å²) in [5.74, 6) is -0.557. The molecular weight excluding hydrogens is 273 g/mol. The van der Waals surface area contributed by atoms with Crippen molar-refractivity contribution in [2.75, 3.05) is 0 Å². The average Bonchev–Trinajstić information content (AvgIpc) is 2.48. The number of nitrogens with zero attached hydrogens (tertiary/aromatic N) is 1. The van der Waals surface area contributed by atoms with Gasteiger partial charge < -0.3 is 9.47 Å². The van der Waals surface area contributed by atoms with Gasteiger partial charge in [-0.25, -0.2) is 9.18 Å². The van der Waals surface area contributed by atoms with Crippen molar-refractivity contribution in [3.63, 3.8) is 0 Å². The van der Waals surface area contributed by atoms with Gasteiger partial charge in [0.15, 0.2) is 6.10 Å². The highest BCUT2D eigenvalue weighted by Gasteiger charge is 2.17. The Hall–Kier alpha value is -2.87. The predicted molar refractivity (Wildman–Crippen MR) is 73.3 cm³/mol. The zero-order valence-corrected chi connectivity index (χ0v) is 11.2. The molecular formula is C16H12FNO3. The van der Waals surface area contributed by atoms with Crippen molar-refractivity contribution >= 4 is 5.97 Å². The van der Waals surface area contributed by atoms with Crippen LogP contribution in [0.5, 0.6) is 11.5 Å². The SMILES string of the molecule is C[C@H](Oc1ccc(C#N)cc1)C(=O)Oc1cccc(F)c1. The van der Waals surface area contributed by atoms with Crippen LogP contribution in [0.15, 0.2) is 48.5 Å². The third-order valence-corrected chi connectivity index (χ3v) is 2.64. The molecule has 0 aliphatic carbocycles. The van der Waals surface area contributed by atoms with Crippen molar-refractivity contribution in [2.24, 2.45) is 0 Å². The summed E-state index contributed by atoms with van der Waals surface area (Å²) in [5.41, 5.74) is 0.498. The van der Waals surface area contributed by atoms with E-state index in [9.17, 15) is 9.18 Å². The number of ether oxygens (including phenoxy) is 2. The number of carbonyl (C=O) groups excluding carboxylic acids is 1. The smallest absolute Gasteiger partial charge is 0.352 e. The molecule has 0 bridgehead atoms. The molecule has 0 aliphatic heterocycles. The van der Waals surface area contributed by atoms with E-state index in [2.05, 4.69) is 0 Å². The average molecular weight is 285 g/mol. The van der Waals surface area contributed by atoms with Gasteiger partial charge in [-0.2, -0.15) is 5.26 Å². The molecule has 0 heterocycles. The second kappa shape index (κ2) is 6.53. The van der Waals surface area contributed by atoms with Gasteiger partial charge in [-0.3, -0.25) is 0 Å². The highest BCUT2D eigenvalue weighted by Crippen LogP contribution is 2.16. The molecule has 1 atom stereocenters. The number of halogens is 1. The van der Waals surface area contributed by atoms with Crippen LogP contribution in [0.25, 0.3) is 0 Å². The minimum atomic E-state index is -0.860. The zero-order valence-electron chi connectivity index (χ0n) is 11.2. The molecule has 0 saturated carbocycles. The van der Waals surface area contributed by atoms with Crippen LogP contribution in [0.3, 0.4) is 0 Å². The first-order valence-electron chi connectivity index (χ1n) is 6.22. The molecule has 4 nitrogen and oxygen atoms in total. The largest absolute Gasteiger partial charge is 0.479 e. The first-order valence-corrected chi connectivity index (χ1v) is 6.22. The molecule has 2 rings (SSSR count). The molecule has 0 unspecified atom stereocenters. The summed E-state index contributed by atoms with van der Waals surface area (Å²) in [5, 5.41) is 8.69. The summed E-state index contributed by atoms with van der Waals surface area (Å²) >= 11 is 0. The van der Waals surface area contributed by atoms with E-state index >= 15 is 0 Å². The van der Waals surface area contributed by atoms with E-state index in [0.717, 1.165) is 6.07 Å². The molecule has 106 valence electrons. The van der Waals surface area contributed by atoms with Gasteiger partial charge in [0.25, 0.3) is 0 Å². The second-order valence-electron chi connectivity index (χ2n) is 4.27. The predicted octanol–water partition coefficient (Wildman–Crippen LogP) is 3.07. The Kier molecular flexibility index (Phi) is 4.52. The summed E-state index contributed by atoms with van der Waals surface area (Å²) in [6, 6.07) is 13.6. The number of esters is 1. The first-order chi connectivity index (χ1) is 10.1. The van der Waals surface area contributed by atoms with E-state index in [1.165, 1.54) is 25.1 Å². The topological polar surface area (TPSA) is 59.3 Å². The molecule has 0 radical (unpaired) electrons. The second-order valence-corrected chi connectivity index (χ2v) is 4.27. The number of benzene rings is 2. The van der Waals surface area contributed by atoms with E-state index in [0.29, 0.717) is 11.3 Å². The summed E-state index contributed by atoms with van der Waals surface area (Å²) in [6.07, 6.45) is -0.860. The van der Waals surface area contributed by atoms with Crippen LogP contribution < -0.4 is 9.47 Å². The Bertz CT molecular complexity index is 677. The van der Waals surface area contributed by atoms with Crippen LogP contribution in [0, 0.1) is 17.1 Å². The van der Waals surface area contributed by atoms with Gasteiger partial charge in [-0.15, -0.1) is 0 Å². The molecule has 0 saturated heterocycles. The Morgan fingerprint density at radius 1 is 1.19 bits per heavy atom. The molecule has 0 N–H and O–H groups in total. The standard InChI is InChI=1S/C16H12FNO3/c1-11(20-14-7-5-12(10-18)6-8-14)16(19)21-15-4-2-3-13(17)9-15/h2-9,11H,1H3/t11-/m0/s1. The van der Waals surface area contributed by atoms with E-state index in [-0.39, 0.29) is 5.75 Å². The molecule has 2 aromatic carbocycles. The fourth-order valence-corrected chi connectivity index (χ4v) is 1.59. The van der Waals surface area contributed by atoms with Crippen molar-refractivity contribution in [2.45, 2.75) is 13.0 Å². The maximum Gasteiger partial charge on any atom is 0.352 e. The maximum absolute atomic E-state index is 13.0. The van der Waals surface area contributed by atoms with Gasteiger partial charge in [0.2, 0.25) is 0 Å². The van der Waals surface area contributed by atoms with Crippen LogP contribution in [0.4, 0.5) is 4.39 Å². The van der Waals surface area contributed by atoms with Crippen molar-refractivity contribution in [1.29, 1.82) is 5.26 Å². The molecule has 0 aliphatic rings. The van der Waals surface area contributed by atoms with Crippen LogP contribution >= 0.6 is 0 Å². The summed E-state index contributed by atoms with van der Waals surface area (Å²) in [7, 11) is 0. The number of nitriles is 1. The minimum Gasteiger partial charge on any atom is -0.479 e. The number of rotatable bonds is 4. The summed E-state index contributed by atoms with van der Waals surface area (Å²) in [6.45, 7) is 1.53. The molecule has 0 fully saturated rings. The summed E-state index contributed by atoms with van der Waals surface area (Å²) in [4.78, 5) is 11.8. The normalized spacial score (nSPS) is 11.3. The Morgan fingerprint density at radius 2 is 1.90 bits per heavy atom. The quantitative estimate of drug-likeness (QED) is 0.640. The van der Waals surface area contributed by atoms with Crippen LogP contribution in [-0.2, 0) is 4.79 Å². The fraction of sp³-hybridized carbons (Fsp3) is 0.125. The monoisotopic (exact) mass is 285 g/mol. The van der Waals surface area contributed by atoms with E-state index < -0.39 is 17.9 Å². The van der Waals surface area contributed by atoms with Gasteiger partial charge in [0.05, 0.1) is 11.6 Å². The van der Waals surface area contributed by atoms with Gasteiger partial charge >= 0.3 is 5.97 Å². The van der Waals surface area contributed by atoms with Gasteiger partial charge in [-0.1, -0.05) is 6.07 Å². The number of hydrogen-bond donors (Lipinski definition) is 0. The van der Waals surface area contributed by atoms with E-state index in [1.807, 2.05) is 6.07 Å². The molecule has 0 spiro atoms. The van der Waals surface area contributed by atoms with E-state index in [4.69, 9.17) is 14.7 Å².